The topological polar surface area (TPSA) is 55.4 Å². The van der Waals surface area contributed by atoms with E-state index >= 15 is 0 Å². The van der Waals surface area contributed by atoms with Crippen LogP contribution in [0.25, 0.3) is 0 Å². The summed E-state index contributed by atoms with van der Waals surface area (Å²) >= 11 is 11.7. The molecule has 2 rings (SSSR count). The molecular formula is C16H12Cl2FNO3. The van der Waals surface area contributed by atoms with Crippen LogP contribution in [-0.4, -0.2) is 18.5 Å². The molecule has 0 aliphatic rings. The van der Waals surface area contributed by atoms with E-state index in [4.69, 9.17) is 27.9 Å². The van der Waals surface area contributed by atoms with Crippen molar-refractivity contribution < 1.29 is 18.7 Å². The van der Waals surface area contributed by atoms with E-state index in [1.807, 2.05) is 0 Å². The minimum absolute atomic E-state index is 0.0681. The SMILES string of the molecule is Cc1ccc(F)cc1C(=O)OCC(=O)Nc1cc(Cl)ccc1Cl. The Morgan fingerprint density at radius 1 is 1.17 bits per heavy atom. The van der Waals surface area contributed by atoms with Crippen molar-refractivity contribution in [3.8, 4) is 0 Å². The van der Waals surface area contributed by atoms with Gasteiger partial charge in [0, 0.05) is 5.02 Å². The number of carbonyl (C=O) groups excluding carboxylic acids is 2. The zero-order valence-electron chi connectivity index (χ0n) is 12.0. The van der Waals surface area contributed by atoms with Crippen molar-refractivity contribution in [1.82, 2.24) is 0 Å². The highest BCUT2D eigenvalue weighted by Crippen LogP contribution is 2.25. The van der Waals surface area contributed by atoms with Crippen LogP contribution in [-0.2, 0) is 9.53 Å². The van der Waals surface area contributed by atoms with Crippen LogP contribution < -0.4 is 5.32 Å². The van der Waals surface area contributed by atoms with Gasteiger partial charge in [-0.2, -0.15) is 0 Å². The molecule has 0 spiro atoms. The van der Waals surface area contributed by atoms with Crippen LogP contribution in [0.2, 0.25) is 10.0 Å². The number of nitrogens with one attached hydrogen (secondary N) is 1. The third kappa shape index (κ3) is 4.68. The summed E-state index contributed by atoms with van der Waals surface area (Å²) < 4.78 is 18.0. The molecule has 7 heteroatoms. The van der Waals surface area contributed by atoms with Gasteiger partial charge in [0.1, 0.15) is 5.82 Å². The summed E-state index contributed by atoms with van der Waals surface area (Å²) in [4.78, 5) is 23.7. The molecule has 0 aliphatic carbocycles. The molecule has 0 saturated carbocycles. The van der Waals surface area contributed by atoms with Crippen LogP contribution in [0.1, 0.15) is 15.9 Å². The number of amides is 1. The van der Waals surface area contributed by atoms with Gasteiger partial charge in [0.05, 0.1) is 16.3 Å². The molecule has 0 saturated heterocycles. The lowest BCUT2D eigenvalue weighted by molar-refractivity contribution is -0.119. The Hall–Kier alpha value is -2.11. The largest absolute Gasteiger partial charge is 0.452 e. The first-order valence-electron chi connectivity index (χ1n) is 6.55. The second-order valence-corrected chi connectivity index (χ2v) is 5.55. The molecule has 1 N–H and O–H groups in total. The van der Waals surface area contributed by atoms with Gasteiger partial charge in [0.25, 0.3) is 5.91 Å². The lowest BCUT2D eigenvalue weighted by atomic mass is 10.1. The van der Waals surface area contributed by atoms with Gasteiger partial charge in [-0.05, 0) is 42.8 Å². The maximum atomic E-state index is 13.2. The Morgan fingerprint density at radius 2 is 1.91 bits per heavy atom. The van der Waals surface area contributed by atoms with Crippen LogP contribution >= 0.6 is 23.2 Å². The third-order valence-corrected chi connectivity index (χ3v) is 3.52. The number of anilines is 1. The van der Waals surface area contributed by atoms with Crippen LogP contribution in [0, 0.1) is 12.7 Å². The lowest BCUT2D eigenvalue weighted by Crippen LogP contribution is -2.21. The molecule has 2 aromatic rings. The van der Waals surface area contributed by atoms with Crippen molar-refractivity contribution in [3.63, 3.8) is 0 Å². The quantitative estimate of drug-likeness (QED) is 0.834. The predicted octanol–water partition coefficient (Wildman–Crippen LogP) is 4.24. The average molecular weight is 356 g/mol. The lowest BCUT2D eigenvalue weighted by Gasteiger charge is -2.09. The molecule has 0 fully saturated rings. The van der Waals surface area contributed by atoms with E-state index in [0.717, 1.165) is 6.07 Å². The number of aryl methyl sites for hydroxylation is 1. The van der Waals surface area contributed by atoms with Gasteiger partial charge in [-0.25, -0.2) is 9.18 Å². The molecule has 0 bridgehead atoms. The molecule has 0 atom stereocenters. The highest BCUT2D eigenvalue weighted by molar-refractivity contribution is 6.35. The summed E-state index contributed by atoms with van der Waals surface area (Å²) in [7, 11) is 0. The first-order valence-corrected chi connectivity index (χ1v) is 7.30. The van der Waals surface area contributed by atoms with Crippen LogP contribution in [0.4, 0.5) is 10.1 Å². The Labute approximate surface area is 142 Å². The van der Waals surface area contributed by atoms with E-state index in [0.29, 0.717) is 21.3 Å². The summed E-state index contributed by atoms with van der Waals surface area (Å²) in [6, 6.07) is 8.33. The molecule has 0 unspecified atom stereocenters. The molecule has 0 aromatic heterocycles. The highest BCUT2D eigenvalue weighted by Gasteiger charge is 2.14. The zero-order chi connectivity index (χ0) is 17.0. The van der Waals surface area contributed by atoms with Gasteiger partial charge in [-0.3, -0.25) is 4.79 Å². The molecule has 120 valence electrons. The van der Waals surface area contributed by atoms with E-state index in [9.17, 15) is 14.0 Å². The van der Waals surface area contributed by atoms with E-state index in [1.165, 1.54) is 24.3 Å². The van der Waals surface area contributed by atoms with Crippen molar-refractivity contribution in [3.05, 3.63) is 63.4 Å². The van der Waals surface area contributed by atoms with Crippen molar-refractivity contribution >= 4 is 40.8 Å². The summed E-state index contributed by atoms with van der Waals surface area (Å²) in [5.74, 6) is -1.93. The Balaban J connectivity index is 1.97. The van der Waals surface area contributed by atoms with Gasteiger partial charge in [-0.1, -0.05) is 29.3 Å². The molecule has 4 nitrogen and oxygen atoms in total. The van der Waals surface area contributed by atoms with Gasteiger partial charge in [-0.15, -0.1) is 0 Å². The van der Waals surface area contributed by atoms with Crippen LogP contribution in [0.5, 0.6) is 0 Å². The number of esters is 1. The Morgan fingerprint density at radius 3 is 2.65 bits per heavy atom. The Bertz CT molecular complexity index is 765. The van der Waals surface area contributed by atoms with Crippen LogP contribution in [0.15, 0.2) is 36.4 Å². The summed E-state index contributed by atoms with van der Waals surface area (Å²) in [5, 5.41) is 3.18. The van der Waals surface area contributed by atoms with Gasteiger partial charge < -0.3 is 10.1 Å². The fourth-order valence-corrected chi connectivity index (χ4v) is 2.14. The van der Waals surface area contributed by atoms with Crippen molar-refractivity contribution in [2.75, 3.05) is 11.9 Å². The summed E-state index contributed by atoms with van der Waals surface area (Å²) in [6.07, 6.45) is 0. The molecular weight excluding hydrogens is 344 g/mol. The zero-order valence-corrected chi connectivity index (χ0v) is 13.5. The van der Waals surface area contributed by atoms with Gasteiger partial charge in [0.15, 0.2) is 6.61 Å². The maximum Gasteiger partial charge on any atom is 0.339 e. The van der Waals surface area contributed by atoms with Gasteiger partial charge in [0.2, 0.25) is 0 Å². The molecule has 0 radical (unpaired) electrons. The number of hydrogen-bond acceptors (Lipinski definition) is 3. The first kappa shape index (κ1) is 17.2. The fourth-order valence-electron chi connectivity index (χ4n) is 1.80. The number of hydrogen-bond donors (Lipinski definition) is 1. The molecule has 2 aromatic carbocycles. The normalized spacial score (nSPS) is 10.3. The van der Waals surface area contributed by atoms with Gasteiger partial charge >= 0.3 is 5.97 Å². The smallest absolute Gasteiger partial charge is 0.339 e. The molecule has 1 amide bonds. The maximum absolute atomic E-state index is 13.2. The number of halogens is 3. The van der Waals surface area contributed by atoms with Crippen LogP contribution in [0.3, 0.4) is 0 Å². The second kappa shape index (κ2) is 7.44. The highest BCUT2D eigenvalue weighted by atomic mass is 35.5. The van der Waals surface area contributed by atoms with E-state index in [1.54, 1.807) is 13.0 Å². The fraction of sp³-hybridized carbons (Fsp3) is 0.125. The summed E-state index contributed by atoms with van der Waals surface area (Å²) in [6.45, 7) is 1.11. The predicted molar refractivity (Wildman–Crippen MR) is 86.5 cm³/mol. The third-order valence-electron chi connectivity index (χ3n) is 2.96. The molecule has 0 aliphatic heterocycles. The molecule has 23 heavy (non-hydrogen) atoms. The second-order valence-electron chi connectivity index (χ2n) is 4.71. The number of rotatable bonds is 4. The van der Waals surface area contributed by atoms with E-state index in [2.05, 4.69) is 5.32 Å². The number of ether oxygens (including phenoxy) is 1. The Kier molecular flexibility index (Phi) is 5.58. The van der Waals surface area contributed by atoms with E-state index in [-0.39, 0.29) is 5.56 Å². The standard InChI is InChI=1S/C16H12Cl2FNO3/c1-9-2-4-11(19)7-12(9)16(22)23-8-15(21)20-14-6-10(17)3-5-13(14)18/h2-7H,8H2,1H3,(H,20,21). The number of carbonyl (C=O) groups is 2. The average Bonchev–Trinajstić information content (AvgIpc) is 2.51. The van der Waals surface area contributed by atoms with Crippen molar-refractivity contribution in [2.45, 2.75) is 6.92 Å². The first-order chi connectivity index (χ1) is 10.9. The van der Waals surface area contributed by atoms with Crippen molar-refractivity contribution in [1.29, 1.82) is 0 Å². The number of benzene rings is 2. The summed E-state index contributed by atoms with van der Waals surface area (Å²) in [5.41, 5.74) is 0.926. The minimum atomic E-state index is -0.783. The van der Waals surface area contributed by atoms with Crippen molar-refractivity contribution in [2.24, 2.45) is 0 Å². The van der Waals surface area contributed by atoms with E-state index < -0.39 is 24.3 Å². The molecule has 0 heterocycles. The monoisotopic (exact) mass is 355 g/mol. The minimum Gasteiger partial charge on any atom is -0.452 e.